The predicted molar refractivity (Wildman–Crippen MR) is 136 cm³/mol. The zero-order valence-electron chi connectivity index (χ0n) is 20.2. The third-order valence-electron chi connectivity index (χ3n) is 6.94. The highest BCUT2D eigenvalue weighted by Gasteiger charge is 2.25. The lowest BCUT2D eigenvalue weighted by atomic mass is 9.89. The number of nitrogens with one attached hydrogen (secondary N) is 2. The molecule has 0 bridgehead atoms. The van der Waals surface area contributed by atoms with E-state index in [1.807, 2.05) is 54.3 Å². The van der Waals surface area contributed by atoms with Crippen LogP contribution >= 0.6 is 0 Å². The summed E-state index contributed by atoms with van der Waals surface area (Å²) < 4.78 is 5.47. The largest absolute Gasteiger partial charge is 0.494 e. The van der Waals surface area contributed by atoms with Crippen molar-refractivity contribution in [1.29, 1.82) is 0 Å². The van der Waals surface area contributed by atoms with Gasteiger partial charge in [-0.1, -0.05) is 37.8 Å². The van der Waals surface area contributed by atoms with E-state index in [0.717, 1.165) is 54.8 Å². The Morgan fingerprint density at radius 1 is 0.971 bits per heavy atom. The predicted octanol–water partition coefficient (Wildman–Crippen LogP) is 5.95. The van der Waals surface area contributed by atoms with E-state index in [1.54, 1.807) is 0 Å². The number of likely N-dealkylation sites (tertiary alicyclic amines) is 1. The van der Waals surface area contributed by atoms with Crippen LogP contribution in [0.15, 0.2) is 48.5 Å². The van der Waals surface area contributed by atoms with Gasteiger partial charge in [-0.25, -0.2) is 4.79 Å². The summed E-state index contributed by atoms with van der Waals surface area (Å²) in [6.07, 6.45) is 9.04. The number of hydrogen-bond donors (Lipinski definition) is 2. The number of amides is 3. The average Bonchev–Trinajstić information content (AvgIpc) is 3.14. The van der Waals surface area contributed by atoms with Crippen LogP contribution in [0.25, 0.3) is 0 Å². The van der Waals surface area contributed by atoms with E-state index in [9.17, 15) is 9.59 Å². The normalized spacial score (nSPS) is 19.2. The zero-order chi connectivity index (χ0) is 23.8. The molecule has 6 nitrogen and oxygen atoms in total. The minimum absolute atomic E-state index is 0.0228. The monoisotopic (exact) mass is 463 g/mol. The van der Waals surface area contributed by atoms with E-state index >= 15 is 0 Å². The fraction of sp³-hybridized carbons (Fsp3) is 0.500. The molecule has 1 heterocycles. The summed E-state index contributed by atoms with van der Waals surface area (Å²) in [6, 6.07) is 15.6. The summed E-state index contributed by atoms with van der Waals surface area (Å²) in [5.41, 5.74) is 2.61. The Labute approximate surface area is 203 Å². The van der Waals surface area contributed by atoms with Gasteiger partial charge in [0.05, 0.1) is 6.61 Å². The molecule has 0 unspecified atom stereocenters. The fourth-order valence-electron chi connectivity index (χ4n) is 5.06. The van der Waals surface area contributed by atoms with Gasteiger partial charge in [-0.15, -0.1) is 0 Å². The second-order valence-electron chi connectivity index (χ2n) is 9.46. The molecule has 1 aliphatic carbocycles. The van der Waals surface area contributed by atoms with Crippen LogP contribution in [0.1, 0.15) is 80.1 Å². The molecule has 0 aromatic heterocycles. The SMILES string of the molecule is CCOc1ccc(NC(=O)N2CCC[C@@H](c3cccc(C(=O)NC4CCCCCC4)c3)C2)cc1. The van der Waals surface area contributed by atoms with Crippen LogP contribution in [0.2, 0.25) is 0 Å². The summed E-state index contributed by atoms with van der Waals surface area (Å²) in [6.45, 7) is 3.95. The Bertz CT molecular complexity index is 952. The molecule has 182 valence electrons. The molecule has 0 spiro atoms. The standard InChI is InChI=1S/C28H37N3O3/c1-2-34-26-16-14-25(15-17-26)30-28(33)31-18-8-11-23(20-31)21-9-7-10-22(19-21)27(32)29-24-12-5-3-4-6-13-24/h7,9-10,14-17,19,23-24H,2-6,8,11-13,18,20H2,1H3,(H,29,32)(H,30,33)/t23-/m1/s1. The molecular weight excluding hydrogens is 426 g/mol. The minimum atomic E-state index is -0.0869. The molecule has 2 fully saturated rings. The topological polar surface area (TPSA) is 70.7 Å². The lowest BCUT2D eigenvalue weighted by Gasteiger charge is -2.33. The highest BCUT2D eigenvalue weighted by Crippen LogP contribution is 2.28. The molecule has 3 amide bonds. The van der Waals surface area contributed by atoms with Gasteiger partial charge in [-0.05, 0) is 74.6 Å². The van der Waals surface area contributed by atoms with Crippen LogP contribution in [0.4, 0.5) is 10.5 Å². The molecule has 2 aromatic carbocycles. The number of piperidine rings is 1. The van der Waals surface area contributed by atoms with Crippen molar-refractivity contribution >= 4 is 17.6 Å². The zero-order valence-corrected chi connectivity index (χ0v) is 20.2. The summed E-state index contributed by atoms with van der Waals surface area (Å²) in [4.78, 5) is 27.7. The summed E-state index contributed by atoms with van der Waals surface area (Å²) in [5.74, 6) is 1.04. The number of hydrogen-bond acceptors (Lipinski definition) is 3. The molecule has 1 saturated heterocycles. The third-order valence-corrected chi connectivity index (χ3v) is 6.94. The van der Waals surface area contributed by atoms with E-state index < -0.39 is 0 Å². The van der Waals surface area contributed by atoms with Gasteiger partial charge in [0.25, 0.3) is 5.91 Å². The molecule has 1 aliphatic heterocycles. The van der Waals surface area contributed by atoms with Gasteiger partial charge in [-0.3, -0.25) is 4.79 Å². The number of carbonyl (C=O) groups is 2. The Balaban J connectivity index is 1.35. The van der Waals surface area contributed by atoms with E-state index in [2.05, 4.69) is 16.7 Å². The molecule has 2 aromatic rings. The Kier molecular flexibility index (Phi) is 8.45. The third kappa shape index (κ3) is 6.52. The molecule has 1 atom stereocenters. The summed E-state index contributed by atoms with van der Waals surface area (Å²) in [7, 11) is 0. The first-order valence-corrected chi connectivity index (χ1v) is 12.8. The molecule has 6 heteroatoms. The second-order valence-corrected chi connectivity index (χ2v) is 9.46. The number of carbonyl (C=O) groups excluding carboxylic acids is 2. The van der Waals surface area contributed by atoms with Crippen molar-refractivity contribution in [2.45, 2.75) is 70.3 Å². The number of anilines is 1. The Morgan fingerprint density at radius 2 is 1.74 bits per heavy atom. The van der Waals surface area contributed by atoms with Gasteiger partial charge >= 0.3 is 6.03 Å². The minimum Gasteiger partial charge on any atom is -0.494 e. The van der Waals surface area contributed by atoms with Crippen molar-refractivity contribution in [2.24, 2.45) is 0 Å². The maximum absolute atomic E-state index is 12.9. The number of nitrogens with zero attached hydrogens (tertiary/aromatic N) is 1. The van der Waals surface area contributed by atoms with Crippen LogP contribution in [-0.4, -0.2) is 42.6 Å². The van der Waals surface area contributed by atoms with E-state index in [-0.39, 0.29) is 23.9 Å². The van der Waals surface area contributed by atoms with Crippen LogP contribution in [-0.2, 0) is 0 Å². The summed E-state index contributed by atoms with van der Waals surface area (Å²) in [5, 5.41) is 6.25. The van der Waals surface area contributed by atoms with Gasteiger partial charge < -0.3 is 20.3 Å². The number of ether oxygens (including phenoxy) is 1. The van der Waals surface area contributed by atoms with Gasteiger partial charge in [0.1, 0.15) is 5.75 Å². The Hall–Kier alpha value is -3.02. The average molecular weight is 464 g/mol. The van der Waals surface area contributed by atoms with Gasteiger partial charge in [0, 0.05) is 36.3 Å². The van der Waals surface area contributed by atoms with E-state index in [4.69, 9.17) is 4.74 Å². The van der Waals surface area contributed by atoms with Crippen molar-refractivity contribution in [3.63, 3.8) is 0 Å². The molecule has 2 aliphatic rings. The van der Waals surface area contributed by atoms with Crippen molar-refractivity contribution in [3.05, 3.63) is 59.7 Å². The van der Waals surface area contributed by atoms with Crippen LogP contribution < -0.4 is 15.4 Å². The fourth-order valence-corrected chi connectivity index (χ4v) is 5.06. The molecule has 0 radical (unpaired) electrons. The maximum Gasteiger partial charge on any atom is 0.321 e. The highest BCUT2D eigenvalue weighted by molar-refractivity contribution is 5.94. The van der Waals surface area contributed by atoms with Crippen molar-refractivity contribution in [1.82, 2.24) is 10.2 Å². The van der Waals surface area contributed by atoms with E-state index in [1.165, 1.54) is 25.7 Å². The van der Waals surface area contributed by atoms with Gasteiger partial charge in [0.15, 0.2) is 0 Å². The first-order chi connectivity index (χ1) is 16.6. The number of urea groups is 1. The van der Waals surface area contributed by atoms with Gasteiger partial charge in [-0.2, -0.15) is 0 Å². The first-order valence-electron chi connectivity index (χ1n) is 12.8. The second kappa shape index (κ2) is 11.9. The maximum atomic E-state index is 12.9. The molecule has 2 N–H and O–H groups in total. The number of benzene rings is 2. The quantitative estimate of drug-likeness (QED) is 0.520. The van der Waals surface area contributed by atoms with Crippen molar-refractivity contribution in [3.8, 4) is 5.75 Å². The smallest absolute Gasteiger partial charge is 0.321 e. The molecule has 1 saturated carbocycles. The molecule has 4 rings (SSSR count). The molecular formula is C28H37N3O3. The van der Waals surface area contributed by atoms with Crippen LogP contribution in [0.3, 0.4) is 0 Å². The summed E-state index contributed by atoms with van der Waals surface area (Å²) >= 11 is 0. The van der Waals surface area contributed by atoms with Gasteiger partial charge in [0.2, 0.25) is 0 Å². The first kappa shape index (κ1) is 24.1. The van der Waals surface area contributed by atoms with E-state index in [0.29, 0.717) is 13.2 Å². The van der Waals surface area contributed by atoms with Crippen LogP contribution in [0.5, 0.6) is 5.75 Å². The van der Waals surface area contributed by atoms with Crippen molar-refractivity contribution < 1.29 is 14.3 Å². The number of rotatable bonds is 6. The lowest BCUT2D eigenvalue weighted by molar-refractivity contribution is 0.0933. The van der Waals surface area contributed by atoms with Crippen molar-refractivity contribution in [2.75, 3.05) is 25.0 Å². The van der Waals surface area contributed by atoms with Crippen LogP contribution in [0, 0.1) is 0 Å². The molecule has 34 heavy (non-hydrogen) atoms. The highest BCUT2D eigenvalue weighted by atomic mass is 16.5. The Morgan fingerprint density at radius 3 is 2.47 bits per heavy atom. The lowest BCUT2D eigenvalue weighted by Crippen LogP contribution is -2.41.